The van der Waals surface area contributed by atoms with Crippen LogP contribution in [0.5, 0.6) is 5.75 Å². The van der Waals surface area contributed by atoms with Gasteiger partial charge in [-0.15, -0.1) is 0 Å². The van der Waals surface area contributed by atoms with E-state index in [1.54, 1.807) is 23.0 Å². The minimum Gasteiger partial charge on any atom is -0.490 e. The van der Waals surface area contributed by atoms with Gasteiger partial charge in [0.1, 0.15) is 5.82 Å². The van der Waals surface area contributed by atoms with Crippen LogP contribution in [0.4, 0.5) is 4.39 Å². The lowest BCUT2D eigenvalue weighted by Gasteiger charge is -2.08. The number of halogens is 1. The zero-order valence-corrected chi connectivity index (χ0v) is 11.3. The van der Waals surface area contributed by atoms with Crippen molar-refractivity contribution in [2.45, 2.75) is 13.0 Å². The van der Waals surface area contributed by atoms with E-state index in [1.807, 2.05) is 6.20 Å². The lowest BCUT2D eigenvalue weighted by atomic mass is 10.1. The SMILES string of the molecule is Fc1ccc(Cn2cc(OCC3CCNC3)cn2)cc1. The number of nitrogens with one attached hydrogen (secondary N) is 1. The number of hydrogen-bond acceptors (Lipinski definition) is 3. The van der Waals surface area contributed by atoms with Gasteiger partial charge in [-0.3, -0.25) is 4.68 Å². The van der Waals surface area contributed by atoms with Crippen LogP contribution in [0.15, 0.2) is 36.7 Å². The third-order valence-corrected chi connectivity index (χ3v) is 3.52. The van der Waals surface area contributed by atoms with Crippen molar-refractivity contribution < 1.29 is 9.13 Å². The predicted octanol–water partition coefficient (Wildman–Crippen LogP) is 2.06. The molecule has 20 heavy (non-hydrogen) atoms. The van der Waals surface area contributed by atoms with Gasteiger partial charge < -0.3 is 10.1 Å². The topological polar surface area (TPSA) is 39.1 Å². The van der Waals surface area contributed by atoms with Crippen LogP contribution in [0, 0.1) is 11.7 Å². The maximum atomic E-state index is 12.8. The molecular weight excluding hydrogens is 257 g/mol. The van der Waals surface area contributed by atoms with Crippen molar-refractivity contribution in [3.63, 3.8) is 0 Å². The van der Waals surface area contributed by atoms with Crippen molar-refractivity contribution >= 4 is 0 Å². The summed E-state index contributed by atoms with van der Waals surface area (Å²) in [6.07, 6.45) is 4.78. The van der Waals surface area contributed by atoms with Crippen LogP contribution < -0.4 is 10.1 Å². The van der Waals surface area contributed by atoms with Gasteiger partial charge in [-0.1, -0.05) is 12.1 Å². The summed E-state index contributed by atoms with van der Waals surface area (Å²) in [5, 5.41) is 7.58. The Hall–Kier alpha value is -1.88. The molecule has 1 aromatic carbocycles. The average molecular weight is 275 g/mol. The van der Waals surface area contributed by atoms with Crippen molar-refractivity contribution in [1.82, 2.24) is 15.1 Å². The Balaban J connectivity index is 1.54. The normalized spacial score (nSPS) is 18.4. The molecule has 0 spiro atoms. The molecule has 0 radical (unpaired) electrons. The second kappa shape index (κ2) is 6.05. The smallest absolute Gasteiger partial charge is 0.157 e. The molecule has 1 aromatic heterocycles. The Morgan fingerprint density at radius 1 is 1.35 bits per heavy atom. The van der Waals surface area contributed by atoms with E-state index >= 15 is 0 Å². The maximum absolute atomic E-state index is 12.8. The number of ether oxygens (including phenoxy) is 1. The Bertz CT molecular complexity index is 547. The second-order valence-electron chi connectivity index (χ2n) is 5.17. The van der Waals surface area contributed by atoms with E-state index in [0.29, 0.717) is 12.5 Å². The van der Waals surface area contributed by atoms with Crippen LogP contribution in [0.2, 0.25) is 0 Å². The lowest BCUT2D eigenvalue weighted by Crippen LogP contribution is -2.15. The Kier molecular flexibility index (Phi) is 3.97. The quantitative estimate of drug-likeness (QED) is 0.908. The number of hydrogen-bond donors (Lipinski definition) is 1. The van der Waals surface area contributed by atoms with Crippen molar-refractivity contribution in [1.29, 1.82) is 0 Å². The summed E-state index contributed by atoms with van der Waals surface area (Å²) < 4.78 is 20.4. The Morgan fingerprint density at radius 2 is 2.20 bits per heavy atom. The summed E-state index contributed by atoms with van der Waals surface area (Å²) in [6, 6.07) is 6.45. The Labute approximate surface area is 117 Å². The van der Waals surface area contributed by atoms with Gasteiger partial charge in [0.2, 0.25) is 0 Å². The van der Waals surface area contributed by atoms with E-state index in [4.69, 9.17) is 4.74 Å². The molecule has 0 aliphatic carbocycles. The molecule has 2 aromatic rings. The Morgan fingerprint density at radius 3 is 2.95 bits per heavy atom. The van der Waals surface area contributed by atoms with Gasteiger partial charge in [-0.05, 0) is 30.7 Å². The molecule has 3 rings (SSSR count). The first-order valence-electron chi connectivity index (χ1n) is 6.90. The molecule has 1 saturated heterocycles. The number of benzene rings is 1. The van der Waals surface area contributed by atoms with Crippen LogP contribution in [-0.4, -0.2) is 29.5 Å². The second-order valence-corrected chi connectivity index (χ2v) is 5.17. The molecule has 1 unspecified atom stereocenters. The van der Waals surface area contributed by atoms with Gasteiger partial charge in [0.05, 0.1) is 25.5 Å². The van der Waals surface area contributed by atoms with E-state index in [1.165, 1.54) is 18.6 Å². The highest BCUT2D eigenvalue weighted by atomic mass is 19.1. The fourth-order valence-corrected chi connectivity index (χ4v) is 2.35. The molecule has 1 aliphatic heterocycles. The van der Waals surface area contributed by atoms with Crippen LogP contribution in [0.25, 0.3) is 0 Å². The van der Waals surface area contributed by atoms with Crippen LogP contribution >= 0.6 is 0 Å². The van der Waals surface area contributed by atoms with E-state index in [2.05, 4.69) is 10.4 Å². The summed E-state index contributed by atoms with van der Waals surface area (Å²) in [5.74, 6) is 1.16. The standard InChI is InChI=1S/C15H18FN3O/c16-14-3-1-12(2-4-14)9-19-10-15(8-18-19)20-11-13-5-6-17-7-13/h1-4,8,10,13,17H,5-7,9,11H2. The first kappa shape index (κ1) is 13.1. The summed E-state index contributed by atoms with van der Waals surface area (Å²) in [7, 11) is 0. The molecule has 0 amide bonds. The maximum Gasteiger partial charge on any atom is 0.157 e. The zero-order valence-electron chi connectivity index (χ0n) is 11.3. The van der Waals surface area contributed by atoms with Gasteiger partial charge in [-0.25, -0.2) is 4.39 Å². The average Bonchev–Trinajstić information content (AvgIpc) is 3.10. The predicted molar refractivity (Wildman–Crippen MR) is 74.2 cm³/mol. The van der Waals surface area contributed by atoms with Gasteiger partial charge >= 0.3 is 0 Å². The third-order valence-electron chi connectivity index (χ3n) is 3.52. The summed E-state index contributed by atoms with van der Waals surface area (Å²) in [5.41, 5.74) is 1.01. The zero-order chi connectivity index (χ0) is 13.8. The van der Waals surface area contributed by atoms with Crippen molar-refractivity contribution in [2.75, 3.05) is 19.7 Å². The summed E-state index contributed by atoms with van der Waals surface area (Å²) in [6.45, 7) is 3.46. The molecule has 1 aliphatic rings. The molecular formula is C15H18FN3O. The highest BCUT2D eigenvalue weighted by Gasteiger charge is 2.15. The number of nitrogens with zero attached hydrogens (tertiary/aromatic N) is 2. The first-order valence-corrected chi connectivity index (χ1v) is 6.90. The molecule has 0 bridgehead atoms. The van der Waals surface area contributed by atoms with E-state index in [9.17, 15) is 4.39 Å². The van der Waals surface area contributed by atoms with E-state index in [-0.39, 0.29) is 5.82 Å². The molecule has 106 valence electrons. The van der Waals surface area contributed by atoms with Gasteiger partial charge in [0.25, 0.3) is 0 Å². The van der Waals surface area contributed by atoms with Crippen LogP contribution in [0.1, 0.15) is 12.0 Å². The summed E-state index contributed by atoms with van der Waals surface area (Å²) >= 11 is 0. The summed E-state index contributed by atoms with van der Waals surface area (Å²) in [4.78, 5) is 0. The number of aromatic nitrogens is 2. The highest BCUT2D eigenvalue weighted by molar-refractivity contribution is 5.18. The molecule has 2 heterocycles. The molecule has 5 heteroatoms. The minimum atomic E-state index is -0.219. The van der Waals surface area contributed by atoms with Gasteiger partial charge in [0, 0.05) is 12.5 Å². The molecule has 0 saturated carbocycles. The van der Waals surface area contributed by atoms with E-state index < -0.39 is 0 Å². The molecule has 1 fully saturated rings. The van der Waals surface area contributed by atoms with E-state index in [0.717, 1.165) is 31.0 Å². The van der Waals surface area contributed by atoms with Gasteiger partial charge in [-0.2, -0.15) is 5.10 Å². The minimum absolute atomic E-state index is 0.219. The lowest BCUT2D eigenvalue weighted by molar-refractivity contribution is 0.260. The van der Waals surface area contributed by atoms with Crippen LogP contribution in [0.3, 0.4) is 0 Å². The molecule has 1 atom stereocenters. The molecule has 4 nitrogen and oxygen atoms in total. The number of rotatable bonds is 5. The van der Waals surface area contributed by atoms with Crippen LogP contribution in [-0.2, 0) is 6.54 Å². The largest absolute Gasteiger partial charge is 0.490 e. The van der Waals surface area contributed by atoms with Crippen molar-refractivity contribution in [2.24, 2.45) is 5.92 Å². The fourth-order valence-electron chi connectivity index (χ4n) is 2.35. The first-order chi connectivity index (χ1) is 9.79. The third kappa shape index (κ3) is 3.36. The van der Waals surface area contributed by atoms with Crippen molar-refractivity contribution in [3.8, 4) is 5.75 Å². The monoisotopic (exact) mass is 275 g/mol. The van der Waals surface area contributed by atoms with Crippen molar-refractivity contribution in [3.05, 3.63) is 48.0 Å². The highest BCUT2D eigenvalue weighted by Crippen LogP contribution is 2.14. The molecule has 1 N–H and O–H groups in total. The fraction of sp³-hybridized carbons (Fsp3) is 0.400. The van der Waals surface area contributed by atoms with Gasteiger partial charge in [0.15, 0.2) is 5.75 Å².